The van der Waals surface area contributed by atoms with E-state index in [-0.39, 0.29) is 11.3 Å². The molecule has 2 N–H and O–H groups in total. The molecule has 0 radical (unpaired) electrons. The summed E-state index contributed by atoms with van der Waals surface area (Å²) in [5, 5.41) is 21.6. The molecule has 4 nitrogen and oxygen atoms in total. The molecule has 0 saturated heterocycles. The summed E-state index contributed by atoms with van der Waals surface area (Å²) in [6.07, 6.45) is 1.33. The van der Waals surface area contributed by atoms with Crippen molar-refractivity contribution in [2.45, 2.75) is 0 Å². The summed E-state index contributed by atoms with van der Waals surface area (Å²) < 4.78 is 0. The van der Waals surface area contributed by atoms with E-state index >= 15 is 0 Å². The van der Waals surface area contributed by atoms with E-state index in [0.717, 1.165) is 0 Å². The number of nitrogens with zero attached hydrogens (tertiary/aromatic N) is 1. The minimum absolute atomic E-state index is 0.0805. The Morgan fingerprint density at radius 3 is 2.27 bits per heavy atom. The van der Waals surface area contributed by atoms with Gasteiger partial charge in [0.15, 0.2) is 0 Å². The molecule has 2 aromatic rings. The predicted octanol–water partition coefficient (Wildman–Crippen LogP) is 4.24. The molecule has 110 valence electrons. The summed E-state index contributed by atoms with van der Waals surface area (Å²) in [5.41, 5.74) is 0.723. The molecule has 2 rings (SSSR count). The van der Waals surface area contributed by atoms with Gasteiger partial charge in [0.2, 0.25) is 0 Å². The molecule has 0 aliphatic carbocycles. The van der Waals surface area contributed by atoms with Gasteiger partial charge in [0.1, 0.15) is 17.4 Å². The number of phenols is 1. The lowest BCUT2D eigenvalue weighted by Gasteiger charge is -2.06. The van der Waals surface area contributed by atoms with Crippen LogP contribution in [-0.2, 0) is 4.79 Å². The summed E-state index contributed by atoms with van der Waals surface area (Å²) in [6.45, 7) is 0. The maximum absolute atomic E-state index is 12.1. The Balaban J connectivity index is 2.28. The summed E-state index contributed by atoms with van der Waals surface area (Å²) in [5.74, 6) is -0.513. The summed E-state index contributed by atoms with van der Waals surface area (Å²) in [4.78, 5) is 12.1. The lowest BCUT2D eigenvalue weighted by molar-refractivity contribution is -0.112. The van der Waals surface area contributed by atoms with Crippen LogP contribution < -0.4 is 5.32 Å². The molecule has 6 heteroatoms. The molecule has 0 aliphatic heterocycles. The zero-order valence-electron chi connectivity index (χ0n) is 11.2. The van der Waals surface area contributed by atoms with E-state index in [2.05, 4.69) is 5.32 Å². The predicted molar refractivity (Wildman–Crippen MR) is 86.8 cm³/mol. The molecule has 0 fully saturated rings. The number of rotatable bonds is 3. The number of halogens is 2. The fraction of sp³-hybridized carbons (Fsp3) is 0. The van der Waals surface area contributed by atoms with Crippen LogP contribution >= 0.6 is 23.2 Å². The van der Waals surface area contributed by atoms with Gasteiger partial charge >= 0.3 is 0 Å². The van der Waals surface area contributed by atoms with Crippen LogP contribution in [-0.4, -0.2) is 11.0 Å². The molecule has 1 amide bonds. The average Bonchev–Trinajstić information content (AvgIpc) is 2.49. The first-order chi connectivity index (χ1) is 10.5. The number of aromatic hydroxyl groups is 1. The van der Waals surface area contributed by atoms with Gasteiger partial charge < -0.3 is 10.4 Å². The molecule has 0 heterocycles. The molecule has 2 aromatic carbocycles. The Labute approximate surface area is 137 Å². The Morgan fingerprint density at radius 2 is 1.73 bits per heavy atom. The van der Waals surface area contributed by atoms with Gasteiger partial charge in [-0.1, -0.05) is 29.3 Å². The van der Waals surface area contributed by atoms with Crippen molar-refractivity contribution in [1.29, 1.82) is 5.26 Å². The second-order valence-corrected chi connectivity index (χ2v) is 5.12. The SMILES string of the molecule is N#CC(=Cc1c(Cl)cccc1Cl)C(=O)Nc1ccc(O)cc1. The van der Waals surface area contributed by atoms with Crippen molar-refractivity contribution in [3.8, 4) is 11.8 Å². The van der Waals surface area contributed by atoms with Crippen molar-refractivity contribution < 1.29 is 9.90 Å². The molecular formula is C16H10Cl2N2O2. The Kier molecular flexibility index (Phi) is 5.05. The standard InChI is InChI=1S/C16H10Cl2N2O2/c17-14-2-1-3-15(18)13(14)8-10(9-19)16(22)20-11-4-6-12(21)7-5-11/h1-8,21H,(H,20,22). The van der Waals surface area contributed by atoms with Crippen molar-refractivity contribution in [3.63, 3.8) is 0 Å². The zero-order chi connectivity index (χ0) is 16.1. The lowest BCUT2D eigenvalue weighted by atomic mass is 10.1. The van der Waals surface area contributed by atoms with Crippen LogP contribution in [0.3, 0.4) is 0 Å². The van der Waals surface area contributed by atoms with Crippen molar-refractivity contribution in [1.82, 2.24) is 0 Å². The van der Waals surface area contributed by atoms with Gasteiger partial charge in [0, 0.05) is 21.3 Å². The van der Waals surface area contributed by atoms with Crippen molar-refractivity contribution in [3.05, 3.63) is 63.6 Å². The molecule has 22 heavy (non-hydrogen) atoms. The molecule has 0 bridgehead atoms. The number of hydrogen-bond acceptors (Lipinski definition) is 3. The molecule has 0 atom stereocenters. The van der Waals surface area contributed by atoms with Crippen LogP contribution in [0.4, 0.5) is 5.69 Å². The fourth-order valence-electron chi connectivity index (χ4n) is 1.68. The second-order valence-electron chi connectivity index (χ2n) is 4.31. The van der Waals surface area contributed by atoms with Crippen LogP contribution in [0, 0.1) is 11.3 Å². The first kappa shape index (κ1) is 15.9. The fourth-order valence-corrected chi connectivity index (χ4v) is 2.19. The van der Waals surface area contributed by atoms with Crippen LogP contribution in [0.1, 0.15) is 5.56 Å². The van der Waals surface area contributed by atoms with E-state index in [1.54, 1.807) is 18.2 Å². The number of nitrogens with one attached hydrogen (secondary N) is 1. The number of nitriles is 1. The van der Waals surface area contributed by atoms with E-state index in [9.17, 15) is 9.90 Å². The maximum Gasteiger partial charge on any atom is 0.266 e. The van der Waals surface area contributed by atoms with Gasteiger partial charge in [-0.3, -0.25) is 4.79 Å². The van der Waals surface area contributed by atoms with Crippen molar-refractivity contribution in [2.75, 3.05) is 5.32 Å². The van der Waals surface area contributed by atoms with E-state index < -0.39 is 5.91 Å². The highest BCUT2D eigenvalue weighted by Crippen LogP contribution is 2.27. The minimum atomic E-state index is -0.593. The van der Waals surface area contributed by atoms with Gasteiger partial charge in [-0.2, -0.15) is 5.26 Å². The maximum atomic E-state index is 12.1. The Hall–Kier alpha value is -2.48. The molecule has 0 spiro atoms. The molecule has 0 unspecified atom stereocenters. The topological polar surface area (TPSA) is 73.1 Å². The number of amides is 1. The molecule has 0 aromatic heterocycles. The molecular weight excluding hydrogens is 323 g/mol. The summed E-state index contributed by atoms with van der Waals surface area (Å²) in [7, 11) is 0. The smallest absolute Gasteiger partial charge is 0.266 e. The second kappa shape index (κ2) is 6.99. The average molecular weight is 333 g/mol. The van der Waals surface area contributed by atoms with E-state index in [0.29, 0.717) is 21.3 Å². The third-order valence-electron chi connectivity index (χ3n) is 2.78. The van der Waals surface area contributed by atoms with Crippen LogP contribution in [0.15, 0.2) is 48.0 Å². The number of carbonyl (C=O) groups excluding carboxylic acids is 1. The van der Waals surface area contributed by atoms with Gasteiger partial charge in [0.05, 0.1) is 0 Å². The van der Waals surface area contributed by atoms with Crippen LogP contribution in [0.5, 0.6) is 5.75 Å². The number of anilines is 1. The normalized spacial score (nSPS) is 10.9. The highest BCUT2D eigenvalue weighted by molar-refractivity contribution is 6.37. The highest BCUT2D eigenvalue weighted by Gasteiger charge is 2.12. The van der Waals surface area contributed by atoms with Gasteiger partial charge in [0.25, 0.3) is 5.91 Å². The van der Waals surface area contributed by atoms with Crippen LogP contribution in [0.25, 0.3) is 6.08 Å². The Bertz CT molecular complexity index is 757. The monoisotopic (exact) mass is 332 g/mol. The largest absolute Gasteiger partial charge is 0.508 e. The number of hydrogen-bond donors (Lipinski definition) is 2. The quantitative estimate of drug-likeness (QED) is 0.501. The van der Waals surface area contributed by atoms with Crippen LogP contribution in [0.2, 0.25) is 10.0 Å². The lowest BCUT2D eigenvalue weighted by Crippen LogP contribution is -2.13. The van der Waals surface area contributed by atoms with Gasteiger partial charge in [-0.25, -0.2) is 0 Å². The van der Waals surface area contributed by atoms with Crippen molar-refractivity contribution in [2.24, 2.45) is 0 Å². The third kappa shape index (κ3) is 3.79. The number of carbonyl (C=O) groups is 1. The number of benzene rings is 2. The third-order valence-corrected chi connectivity index (χ3v) is 3.44. The summed E-state index contributed by atoms with van der Waals surface area (Å²) >= 11 is 12.0. The first-order valence-corrected chi connectivity index (χ1v) is 6.93. The van der Waals surface area contributed by atoms with E-state index in [4.69, 9.17) is 28.5 Å². The van der Waals surface area contributed by atoms with Crippen molar-refractivity contribution >= 4 is 40.9 Å². The Morgan fingerprint density at radius 1 is 1.14 bits per heavy atom. The van der Waals surface area contributed by atoms with E-state index in [1.165, 1.54) is 30.3 Å². The zero-order valence-corrected chi connectivity index (χ0v) is 12.7. The van der Waals surface area contributed by atoms with E-state index in [1.807, 2.05) is 6.07 Å². The van der Waals surface area contributed by atoms with Gasteiger partial charge in [-0.15, -0.1) is 0 Å². The minimum Gasteiger partial charge on any atom is -0.508 e. The molecule has 0 saturated carbocycles. The molecule has 0 aliphatic rings. The summed E-state index contributed by atoms with van der Waals surface area (Å²) in [6, 6.07) is 12.6. The van der Waals surface area contributed by atoms with Gasteiger partial charge in [-0.05, 0) is 42.5 Å². The highest BCUT2D eigenvalue weighted by atomic mass is 35.5. The first-order valence-electron chi connectivity index (χ1n) is 6.17. The number of phenolic OH excluding ortho intramolecular Hbond substituents is 1.